The maximum absolute atomic E-state index is 14.6. The normalized spacial score (nSPS) is 17.0. The summed E-state index contributed by atoms with van der Waals surface area (Å²) in [6, 6.07) is 6.22. The molecule has 0 spiro atoms. The average molecular weight is 452 g/mol. The number of nitrogens with zero attached hydrogens (tertiary/aromatic N) is 4. The van der Waals surface area contributed by atoms with E-state index in [1.54, 1.807) is 13.2 Å². The minimum atomic E-state index is -0.303. The Kier molecular flexibility index (Phi) is 6.64. The molecule has 3 aromatic rings. The van der Waals surface area contributed by atoms with Crippen LogP contribution in [0.1, 0.15) is 36.1 Å². The number of rotatable bonds is 7. The van der Waals surface area contributed by atoms with Gasteiger partial charge in [-0.2, -0.15) is 0 Å². The first kappa shape index (κ1) is 22.0. The SMILES string of the molecule is COc1ccc2ncc(F)c(CCN3CCC(NCc4cc5c(cn4)OCCC5)CC3)c2n1. The minimum Gasteiger partial charge on any atom is -0.492 e. The molecule has 0 unspecified atom stereocenters. The van der Waals surface area contributed by atoms with Crippen LogP contribution in [0, 0.1) is 5.82 Å². The van der Waals surface area contributed by atoms with Crippen LogP contribution in [0.25, 0.3) is 11.0 Å². The van der Waals surface area contributed by atoms with Gasteiger partial charge in [-0.05, 0) is 62.9 Å². The molecule has 0 radical (unpaired) electrons. The summed E-state index contributed by atoms with van der Waals surface area (Å²) in [5.41, 5.74) is 4.24. The van der Waals surface area contributed by atoms with Crippen LogP contribution in [-0.2, 0) is 19.4 Å². The van der Waals surface area contributed by atoms with E-state index in [1.165, 1.54) is 11.8 Å². The molecule has 8 heteroatoms. The zero-order chi connectivity index (χ0) is 22.6. The Bertz CT molecular complexity index is 1120. The molecule has 0 atom stereocenters. The van der Waals surface area contributed by atoms with Gasteiger partial charge < -0.3 is 19.7 Å². The molecule has 5 heterocycles. The second-order valence-electron chi connectivity index (χ2n) is 8.79. The Morgan fingerprint density at radius 2 is 2.09 bits per heavy atom. The monoisotopic (exact) mass is 451 g/mol. The van der Waals surface area contributed by atoms with Gasteiger partial charge in [-0.15, -0.1) is 0 Å². The molecule has 1 saturated heterocycles. The van der Waals surface area contributed by atoms with Crippen molar-refractivity contribution in [2.24, 2.45) is 0 Å². The summed E-state index contributed by atoms with van der Waals surface area (Å²) in [6.07, 6.45) is 8.04. The van der Waals surface area contributed by atoms with Crippen molar-refractivity contribution >= 4 is 11.0 Å². The van der Waals surface area contributed by atoms with E-state index in [-0.39, 0.29) is 5.82 Å². The quantitative estimate of drug-likeness (QED) is 0.591. The summed E-state index contributed by atoms with van der Waals surface area (Å²) in [5.74, 6) is 1.11. The van der Waals surface area contributed by atoms with Gasteiger partial charge in [-0.25, -0.2) is 9.37 Å². The molecular weight excluding hydrogens is 421 g/mol. The van der Waals surface area contributed by atoms with E-state index in [4.69, 9.17) is 9.47 Å². The zero-order valence-corrected chi connectivity index (χ0v) is 19.0. The number of fused-ring (bicyclic) bond motifs is 2. The van der Waals surface area contributed by atoms with Crippen LogP contribution in [-0.4, -0.2) is 59.2 Å². The summed E-state index contributed by atoms with van der Waals surface area (Å²) in [6.45, 7) is 4.35. The standard InChI is InChI=1S/C25H30FN5O2/c1-32-24-5-4-22-25(30-24)20(21(26)15-29-22)8-11-31-9-6-18(7-10-31)27-14-19-13-17-3-2-12-33-23(17)16-28-19/h4-5,13,15-16,18,27H,2-3,6-12,14H2,1H3. The number of piperidine rings is 1. The lowest BCUT2D eigenvalue weighted by Gasteiger charge is -2.32. The molecule has 0 amide bonds. The Hall–Kier alpha value is -2.84. The number of halogens is 1. The summed E-state index contributed by atoms with van der Waals surface area (Å²) in [7, 11) is 1.56. The number of aryl methyl sites for hydroxylation is 1. The topological polar surface area (TPSA) is 72.4 Å². The lowest BCUT2D eigenvalue weighted by molar-refractivity contribution is 0.198. The third-order valence-electron chi connectivity index (χ3n) is 6.64. The molecule has 3 aromatic heterocycles. The molecule has 0 aliphatic carbocycles. The van der Waals surface area contributed by atoms with E-state index in [0.29, 0.717) is 34.9 Å². The van der Waals surface area contributed by atoms with Gasteiger partial charge >= 0.3 is 0 Å². The molecule has 0 aromatic carbocycles. The fraction of sp³-hybridized carbons (Fsp3) is 0.480. The van der Waals surface area contributed by atoms with Gasteiger partial charge in [-0.3, -0.25) is 9.97 Å². The predicted octanol–water partition coefficient (Wildman–Crippen LogP) is 3.29. The Labute approximate surface area is 193 Å². The first-order valence-electron chi connectivity index (χ1n) is 11.7. The molecule has 5 rings (SSSR count). The molecule has 174 valence electrons. The summed E-state index contributed by atoms with van der Waals surface area (Å²) >= 11 is 0. The van der Waals surface area contributed by atoms with E-state index < -0.39 is 0 Å². The van der Waals surface area contributed by atoms with Crippen molar-refractivity contribution in [3.8, 4) is 11.6 Å². The third kappa shape index (κ3) is 5.07. The van der Waals surface area contributed by atoms with Gasteiger partial charge in [0.15, 0.2) is 0 Å². The molecule has 0 saturated carbocycles. The Morgan fingerprint density at radius 1 is 1.21 bits per heavy atom. The van der Waals surface area contributed by atoms with E-state index >= 15 is 0 Å². The number of pyridine rings is 3. The van der Waals surface area contributed by atoms with Crippen LogP contribution in [0.5, 0.6) is 11.6 Å². The second kappa shape index (κ2) is 9.97. The predicted molar refractivity (Wildman–Crippen MR) is 124 cm³/mol. The van der Waals surface area contributed by atoms with Crippen molar-refractivity contribution in [3.05, 3.63) is 53.2 Å². The third-order valence-corrected chi connectivity index (χ3v) is 6.64. The first-order chi connectivity index (χ1) is 16.2. The number of likely N-dealkylation sites (tertiary alicyclic amines) is 1. The van der Waals surface area contributed by atoms with Gasteiger partial charge in [0.1, 0.15) is 11.6 Å². The highest BCUT2D eigenvalue weighted by Crippen LogP contribution is 2.25. The Morgan fingerprint density at radius 3 is 2.94 bits per heavy atom. The first-order valence-corrected chi connectivity index (χ1v) is 11.7. The molecule has 1 N–H and O–H groups in total. The van der Waals surface area contributed by atoms with E-state index in [9.17, 15) is 4.39 Å². The van der Waals surface area contributed by atoms with Gasteiger partial charge in [-0.1, -0.05) is 0 Å². The lowest BCUT2D eigenvalue weighted by atomic mass is 10.0. The zero-order valence-electron chi connectivity index (χ0n) is 19.0. The second-order valence-corrected chi connectivity index (χ2v) is 8.79. The van der Waals surface area contributed by atoms with Gasteiger partial charge in [0.25, 0.3) is 0 Å². The van der Waals surface area contributed by atoms with E-state index in [1.807, 2.05) is 12.3 Å². The van der Waals surface area contributed by atoms with Crippen LogP contribution in [0.4, 0.5) is 4.39 Å². The number of methoxy groups -OCH3 is 1. The largest absolute Gasteiger partial charge is 0.492 e. The summed E-state index contributed by atoms with van der Waals surface area (Å²) in [4.78, 5) is 15.6. The van der Waals surface area contributed by atoms with Crippen LogP contribution in [0.15, 0.2) is 30.6 Å². The highest BCUT2D eigenvalue weighted by molar-refractivity contribution is 5.78. The van der Waals surface area contributed by atoms with Crippen LogP contribution < -0.4 is 14.8 Å². The summed E-state index contributed by atoms with van der Waals surface area (Å²) in [5, 5.41) is 3.66. The molecular formula is C25H30FN5O2. The number of ether oxygens (including phenoxy) is 2. The van der Waals surface area contributed by atoms with E-state index in [0.717, 1.165) is 69.9 Å². The number of hydrogen-bond acceptors (Lipinski definition) is 7. The Balaban J connectivity index is 1.13. The van der Waals surface area contributed by atoms with Crippen molar-refractivity contribution in [2.45, 2.75) is 44.7 Å². The maximum atomic E-state index is 14.6. The average Bonchev–Trinajstić information content (AvgIpc) is 2.87. The molecule has 2 aliphatic rings. The highest BCUT2D eigenvalue weighted by Gasteiger charge is 2.20. The van der Waals surface area contributed by atoms with Crippen molar-refractivity contribution in [1.82, 2.24) is 25.2 Å². The van der Waals surface area contributed by atoms with Crippen LogP contribution >= 0.6 is 0 Å². The summed E-state index contributed by atoms with van der Waals surface area (Å²) < 4.78 is 25.4. The van der Waals surface area contributed by atoms with Crippen LogP contribution in [0.2, 0.25) is 0 Å². The van der Waals surface area contributed by atoms with Gasteiger partial charge in [0.05, 0.1) is 42.8 Å². The molecule has 1 fully saturated rings. The number of aromatic nitrogens is 3. The van der Waals surface area contributed by atoms with Gasteiger partial charge in [0.2, 0.25) is 5.88 Å². The van der Waals surface area contributed by atoms with Crippen molar-refractivity contribution in [1.29, 1.82) is 0 Å². The number of hydrogen-bond donors (Lipinski definition) is 1. The van der Waals surface area contributed by atoms with Crippen LogP contribution in [0.3, 0.4) is 0 Å². The van der Waals surface area contributed by atoms with Crippen molar-refractivity contribution in [3.63, 3.8) is 0 Å². The van der Waals surface area contributed by atoms with Gasteiger partial charge in [0, 0.05) is 30.8 Å². The smallest absolute Gasteiger partial charge is 0.213 e. The van der Waals surface area contributed by atoms with E-state index in [2.05, 4.69) is 31.2 Å². The molecule has 0 bridgehead atoms. The number of nitrogens with one attached hydrogen (secondary N) is 1. The fourth-order valence-corrected chi connectivity index (χ4v) is 4.71. The minimum absolute atomic E-state index is 0.303. The molecule has 33 heavy (non-hydrogen) atoms. The maximum Gasteiger partial charge on any atom is 0.213 e. The highest BCUT2D eigenvalue weighted by atomic mass is 19.1. The lowest BCUT2D eigenvalue weighted by Crippen LogP contribution is -2.43. The molecule has 2 aliphatic heterocycles. The fourth-order valence-electron chi connectivity index (χ4n) is 4.71. The van der Waals surface area contributed by atoms with Crippen molar-refractivity contribution < 1.29 is 13.9 Å². The molecule has 7 nitrogen and oxygen atoms in total. The van der Waals surface area contributed by atoms with Crippen molar-refractivity contribution in [2.75, 3.05) is 33.4 Å².